The fourth-order valence-corrected chi connectivity index (χ4v) is 1.86. The third-order valence-electron chi connectivity index (χ3n) is 1.80. The van der Waals surface area contributed by atoms with Gasteiger partial charge in [-0.2, -0.15) is 0 Å². The van der Waals surface area contributed by atoms with Gasteiger partial charge in [-0.25, -0.2) is 0 Å². The van der Waals surface area contributed by atoms with Crippen LogP contribution in [0.5, 0.6) is 0 Å². The summed E-state index contributed by atoms with van der Waals surface area (Å²) < 4.78 is 0. The van der Waals surface area contributed by atoms with Gasteiger partial charge in [0.05, 0.1) is 5.75 Å². The van der Waals surface area contributed by atoms with Crippen LogP contribution in [0.3, 0.4) is 0 Å². The molecule has 4 heteroatoms. The molecule has 3 N–H and O–H groups in total. The van der Waals surface area contributed by atoms with Crippen molar-refractivity contribution in [2.24, 2.45) is 0 Å². The number of carbonyl (C=O) groups excluding carboxylic acids is 1. The zero-order chi connectivity index (χ0) is 11.1. The number of nitrogens with two attached hydrogens (primary N) is 1. The highest BCUT2D eigenvalue weighted by Gasteiger charge is 2.01. The largest absolute Gasteiger partial charge is 0.399 e. The van der Waals surface area contributed by atoms with Crippen LogP contribution in [0.25, 0.3) is 0 Å². The molecule has 0 radical (unpaired) electrons. The Bertz CT molecular complexity index is 328. The Labute approximate surface area is 94.4 Å². The Balaban J connectivity index is 2.33. The van der Waals surface area contributed by atoms with Crippen molar-refractivity contribution in [1.29, 1.82) is 0 Å². The van der Waals surface area contributed by atoms with E-state index in [0.29, 0.717) is 5.75 Å². The zero-order valence-corrected chi connectivity index (χ0v) is 9.64. The molecule has 1 rings (SSSR count). The summed E-state index contributed by atoms with van der Waals surface area (Å²) in [5, 5.41) is 2.83. The van der Waals surface area contributed by atoms with Crippen molar-refractivity contribution in [3.05, 3.63) is 24.3 Å². The normalized spacial score (nSPS) is 9.93. The highest BCUT2D eigenvalue weighted by molar-refractivity contribution is 8.00. The molecule has 0 bridgehead atoms. The number of hydrogen-bond donors (Lipinski definition) is 2. The lowest BCUT2D eigenvalue weighted by Gasteiger charge is -2.03. The lowest BCUT2D eigenvalue weighted by molar-refractivity contribution is -0.118. The number of thioether (sulfide) groups is 1. The van der Waals surface area contributed by atoms with Crippen molar-refractivity contribution in [3.63, 3.8) is 0 Å². The molecule has 0 fully saturated rings. The molecule has 1 aromatic rings. The second kappa shape index (κ2) is 6.35. The van der Waals surface area contributed by atoms with Crippen LogP contribution in [0, 0.1) is 0 Å². The van der Waals surface area contributed by atoms with E-state index in [9.17, 15) is 4.79 Å². The first-order valence-electron chi connectivity index (χ1n) is 4.97. The van der Waals surface area contributed by atoms with Gasteiger partial charge < -0.3 is 11.1 Å². The van der Waals surface area contributed by atoms with E-state index in [1.54, 1.807) is 0 Å². The summed E-state index contributed by atoms with van der Waals surface area (Å²) in [4.78, 5) is 12.3. The van der Waals surface area contributed by atoms with Crippen molar-refractivity contribution in [3.8, 4) is 0 Å². The van der Waals surface area contributed by atoms with Crippen LogP contribution in [-0.2, 0) is 4.79 Å². The SMILES string of the molecule is CCCNC(=O)CSc1cccc(N)c1. The first kappa shape index (κ1) is 11.9. The summed E-state index contributed by atoms with van der Waals surface area (Å²) in [6.45, 7) is 2.78. The Morgan fingerprint density at radius 1 is 1.53 bits per heavy atom. The van der Waals surface area contributed by atoms with Crippen molar-refractivity contribution < 1.29 is 4.79 Å². The predicted molar refractivity (Wildman–Crippen MR) is 64.9 cm³/mol. The van der Waals surface area contributed by atoms with Gasteiger partial charge in [0, 0.05) is 17.1 Å². The number of rotatable bonds is 5. The number of hydrogen-bond acceptors (Lipinski definition) is 3. The summed E-state index contributed by atoms with van der Waals surface area (Å²) in [6.07, 6.45) is 0.967. The number of amides is 1. The van der Waals surface area contributed by atoms with Gasteiger partial charge in [0.1, 0.15) is 0 Å². The fraction of sp³-hybridized carbons (Fsp3) is 0.364. The highest BCUT2D eigenvalue weighted by Crippen LogP contribution is 2.19. The maximum absolute atomic E-state index is 11.3. The molecule has 0 spiro atoms. The van der Waals surface area contributed by atoms with E-state index in [2.05, 4.69) is 5.32 Å². The Morgan fingerprint density at radius 3 is 3.00 bits per heavy atom. The van der Waals surface area contributed by atoms with E-state index in [1.807, 2.05) is 31.2 Å². The molecule has 0 atom stereocenters. The average Bonchev–Trinajstić information content (AvgIpc) is 2.23. The molecule has 0 aliphatic rings. The molecule has 15 heavy (non-hydrogen) atoms. The van der Waals surface area contributed by atoms with Crippen molar-refractivity contribution in [2.75, 3.05) is 18.0 Å². The number of anilines is 1. The maximum Gasteiger partial charge on any atom is 0.230 e. The molecule has 0 aliphatic heterocycles. The Hall–Kier alpha value is -1.16. The van der Waals surface area contributed by atoms with Gasteiger partial charge in [-0.05, 0) is 24.6 Å². The molecule has 0 unspecified atom stereocenters. The third-order valence-corrected chi connectivity index (χ3v) is 2.79. The number of nitrogen functional groups attached to an aromatic ring is 1. The molecule has 0 saturated carbocycles. The van der Waals surface area contributed by atoms with Gasteiger partial charge in [-0.1, -0.05) is 13.0 Å². The van der Waals surface area contributed by atoms with Crippen LogP contribution in [0.1, 0.15) is 13.3 Å². The topological polar surface area (TPSA) is 55.1 Å². The minimum atomic E-state index is 0.0734. The van der Waals surface area contributed by atoms with Gasteiger partial charge in [0.2, 0.25) is 5.91 Å². The predicted octanol–water partition coefficient (Wildman–Crippen LogP) is 1.89. The van der Waals surface area contributed by atoms with E-state index in [0.717, 1.165) is 23.5 Å². The molecule has 0 aliphatic carbocycles. The van der Waals surface area contributed by atoms with Crippen LogP contribution in [-0.4, -0.2) is 18.2 Å². The molecule has 0 heterocycles. The molecule has 82 valence electrons. The van der Waals surface area contributed by atoms with Crippen molar-refractivity contribution >= 4 is 23.4 Å². The minimum Gasteiger partial charge on any atom is -0.399 e. The summed E-state index contributed by atoms with van der Waals surface area (Å²) in [6, 6.07) is 7.55. The summed E-state index contributed by atoms with van der Waals surface area (Å²) in [7, 11) is 0. The van der Waals surface area contributed by atoms with Crippen LogP contribution in [0.2, 0.25) is 0 Å². The number of carbonyl (C=O) groups is 1. The van der Waals surface area contributed by atoms with E-state index < -0.39 is 0 Å². The third kappa shape index (κ3) is 4.74. The van der Waals surface area contributed by atoms with E-state index in [1.165, 1.54) is 11.8 Å². The first-order valence-corrected chi connectivity index (χ1v) is 5.96. The zero-order valence-electron chi connectivity index (χ0n) is 8.82. The minimum absolute atomic E-state index is 0.0734. The Morgan fingerprint density at radius 2 is 2.33 bits per heavy atom. The van der Waals surface area contributed by atoms with Gasteiger partial charge in [-0.15, -0.1) is 11.8 Å². The fourth-order valence-electron chi connectivity index (χ4n) is 1.07. The summed E-state index contributed by atoms with van der Waals surface area (Å²) in [5.41, 5.74) is 6.36. The Kier molecular flexibility index (Phi) is 5.04. The van der Waals surface area contributed by atoms with Crippen LogP contribution >= 0.6 is 11.8 Å². The molecule has 3 nitrogen and oxygen atoms in total. The van der Waals surface area contributed by atoms with Crippen molar-refractivity contribution in [1.82, 2.24) is 5.32 Å². The molecular formula is C11H16N2OS. The van der Waals surface area contributed by atoms with E-state index in [4.69, 9.17) is 5.73 Å². The summed E-state index contributed by atoms with van der Waals surface area (Å²) >= 11 is 1.50. The van der Waals surface area contributed by atoms with E-state index in [-0.39, 0.29) is 5.91 Å². The maximum atomic E-state index is 11.3. The lowest BCUT2D eigenvalue weighted by Crippen LogP contribution is -2.25. The monoisotopic (exact) mass is 224 g/mol. The number of nitrogens with one attached hydrogen (secondary N) is 1. The first-order chi connectivity index (χ1) is 7.22. The lowest BCUT2D eigenvalue weighted by atomic mass is 10.3. The number of benzene rings is 1. The van der Waals surface area contributed by atoms with Crippen LogP contribution in [0.4, 0.5) is 5.69 Å². The average molecular weight is 224 g/mol. The molecular weight excluding hydrogens is 208 g/mol. The van der Waals surface area contributed by atoms with E-state index >= 15 is 0 Å². The second-order valence-electron chi connectivity index (χ2n) is 3.21. The molecule has 0 saturated heterocycles. The van der Waals surface area contributed by atoms with Gasteiger partial charge in [-0.3, -0.25) is 4.79 Å². The van der Waals surface area contributed by atoms with Crippen LogP contribution < -0.4 is 11.1 Å². The smallest absolute Gasteiger partial charge is 0.230 e. The molecule has 1 aromatic carbocycles. The summed E-state index contributed by atoms with van der Waals surface area (Å²) in [5.74, 6) is 0.521. The molecule has 0 aromatic heterocycles. The van der Waals surface area contributed by atoms with Crippen LogP contribution in [0.15, 0.2) is 29.2 Å². The highest BCUT2D eigenvalue weighted by atomic mass is 32.2. The quantitative estimate of drug-likeness (QED) is 0.593. The van der Waals surface area contributed by atoms with Crippen molar-refractivity contribution in [2.45, 2.75) is 18.2 Å². The standard InChI is InChI=1S/C11H16N2OS/c1-2-6-13-11(14)8-15-10-5-3-4-9(12)7-10/h3-5,7H,2,6,8,12H2,1H3,(H,13,14). The van der Waals surface area contributed by atoms with Gasteiger partial charge in [0.25, 0.3) is 0 Å². The van der Waals surface area contributed by atoms with Gasteiger partial charge in [0.15, 0.2) is 0 Å². The van der Waals surface area contributed by atoms with Gasteiger partial charge >= 0.3 is 0 Å². The molecule has 1 amide bonds. The second-order valence-corrected chi connectivity index (χ2v) is 4.26.